The fourth-order valence-electron chi connectivity index (χ4n) is 2.96. The Labute approximate surface area is 132 Å². The first-order valence-corrected chi connectivity index (χ1v) is 8.38. The number of hydrogen-bond donors (Lipinski definition) is 2. The number of aryl methyl sites for hydroxylation is 1. The minimum Gasteiger partial charge on any atom is -0.370 e. The highest BCUT2D eigenvalue weighted by atomic mass is 16.1. The van der Waals surface area contributed by atoms with E-state index in [1.54, 1.807) is 0 Å². The van der Waals surface area contributed by atoms with Gasteiger partial charge in [0, 0.05) is 37.8 Å². The molecule has 1 saturated heterocycles. The van der Waals surface area contributed by atoms with Gasteiger partial charge < -0.3 is 15.5 Å². The van der Waals surface area contributed by atoms with Gasteiger partial charge in [-0.1, -0.05) is 6.07 Å². The molecule has 0 unspecified atom stereocenters. The van der Waals surface area contributed by atoms with Crippen LogP contribution in [0.3, 0.4) is 0 Å². The minimum atomic E-state index is 0.216. The molecule has 2 aliphatic rings. The summed E-state index contributed by atoms with van der Waals surface area (Å²) in [5.41, 5.74) is 1.04. The highest BCUT2D eigenvalue weighted by Crippen LogP contribution is 2.19. The zero-order valence-corrected chi connectivity index (χ0v) is 13.3. The van der Waals surface area contributed by atoms with Crippen LogP contribution in [0.4, 0.5) is 5.82 Å². The Morgan fingerprint density at radius 1 is 1.36 bits per heavy atom. The predicted octanol–water partition coefficient (Wildman–Crippen LogP) is 1.79. The number of pyridine rings is 1. The average molecular weight is 302 g/mol. The van der Waals surface area contributed by atoms with E-state index in [0.29, 0.717) is 18.4 Å². The smallest absolute Gasteiger partial charge is 0.221 e. The van der Waals surface area contributed by atoms with Crippen LogP contribution in [0.2, 0.25) is 0 Å². The van der Waals surface area contributed by atoms with E-state index in [-0.39, 0.29) is 5.91 Å². The second-order valence-corrected chi connectivity index (χ2v) is 6.59. The van der Waals surface area contributed by atoms with E-state index < -0.39 is 0 Å². The molecule has 0 bridgehead atoms. The topological polar surface area (TPSA) is 57.3 Å². The summed E-state index contributed by atoms with van der Waals surface area (Å²) in [4.78, 5) is 18.6. The second kappa shape index (κ2) is 7.09. The van der Waals surface area contributed by atoms with Gasteiger partial charge in [-0.3, -0.25) is 4.79 Å². The van der Waals surface area contributed by atoms with Gasteiger partial charge in [0.1, 0.15) is 5.82 Å². The molecule has 0 radical (unpaired) electrons. The molecule has 5 heteroatoms. The van der Waals surface area contributed by atoms with Crippen molar-refractivity contribution in [3.63, 3.8) is 0 Å². The Bertz CT molecular complexity index is 515. The third-order valence-electron chi connectivity index (χ3n) is 4.43. The van der Waals surface area contributed by atoms with Crippen molar-refractivity contribution >= 4 is 11.7 Å². The monoisotopic (exact) mass is 302 g/mol. The quantitative estimate of drug-likeness (QED) is 0.806. The van der Waals surface area contributed by atoms with Gasteiger partial charge in [0.25, 0.3) is 0 Å². The molecule has 0 aromatic carbocycles. The second-order valence-electron chi connectivity index (χ2n) is 6.59. The van der Waals surface area contributed by atoms with Crippen LogP contribution < -0.4 is 10.6 Å². The van der Waals surface area contributed by atoms with Crippen LogP contribution in [-0.4, -0.2) is 48.0 Å². The summed E-state index contributed by atoms with van der Waals surface area (Å²) in [6, 6.07) is 6.53. The summed E-state index contributed by atoms with van der Waals surface area (Å²) in [5.74, 6) is 1.82. The van der Waals surface area contributed by atoms with Crippen LogP contribution >= 0.6 is 0 Å². The SMILES string of the molecule is Cc1cccc(NC[C@H]2CCN(CCC(=O)NC3CC3)C2)n1. The van der Waals surface area contributed by atoms with Crippen molar-refractivity contribution in [1.29, 1.82) is 0 Å². The fourth-order valence-corrected chi connectivity index (χ4v) is 2.96. The summed E-state index contributed by atoms with van der Waals surface area (Å²) in [6.07, 6.45) is 4.16. The molecule has 2 heterocycles. The first kappa shape index (κ1) is 15.3. The maximum atomic E-state index is 11.7. The van der Waals surface area contributed by atoms with Crippen molar-refractivity contribution in [2.75, 3.05) is 31.5 Å². The van der Waals surface area contributed by atoms with Crippen molar-refractivity contribution < 1.29 is 4.79 Å². The lowest BCUT2D eigenvalue weighted by atomic mass is 10.1. The zero-order chi connectivity index (χ0) is 15.4. The molecule has 3 rings (SSSR count). The lowest BCUT2D eigenvalue weighted by molar-refractivity contribution is -0.121. The maximum Gasteiger partial charge on any atom is 0.221 e. The summed E-state index contributed by atoms with van der Waals surface area (Å²) in [6.45, 7) is 6.04. The number of nitrogens with one attached hydrogen (secondary N) is 2. The van der Waals surface area contributed by atoms with Gasteiger partial charge in [-0.25, -0.2) is 4.98 Å². The molecule has 120 valence electrons. The number of hydrogen-bond acceptors (Lipinski definition) is 4. The van der Waals surface area contributed by atoms with Crippen molar-refractivity contribution in [3.8, 4) is 0 Å². The molecule has 1 atom stereocenters. The predicted molar refractivity (Wildman–Crippen MR) is 87.8 cm³/mol. The maximum absolute atomic E-state index is 11.7. The highest BCUT2D eigenvalue weighted by Gasteiger charge is 2.25. The van der Waals surface area contributed by atoms with Crippen molar-refractivity contribution in [2.45, 2.75) is 38.6 Å². The molecule has 22 heavy (non-hydrogen) atoms. The van der Waals surface area contributed by atoms with Crippen molar-refractivity contribution in [3.05, 3.63) is 23.9 Å². The molecule has 5 nitrogen and oxygen atoms in total. The van der Waals surface area contributed by atoms with Gasteiger partial charge in [-0.05, 0) is 50.8 Å². The van der Waals surface area contributed by atoms with E-state index in [0.717, 1.165) is 50.5 Å². The van der Waals surface area contributed by atoms with E-state index in [4.69, 9.17) is 0 Å². The fraction of sp³-hybridized carbons (Fsp3) is 0.647. The Hall–Kier alpha value is -1.62. The van der Waals surface area contributed by atoms with Crippen LogP contribution in [0.1, 0.15) is 31.4 Å². The number of rotatable bonds is 7. The molecule has 1 amide bonds. The van der Waals surface area contributed by atoms with Crippen LogP contribution in [0, 0.1) is 12.8 Å². The van der Waals surface area contributed by atoms with E-state index in [2.05, 4.69) is 20.5 Å². The summed E-state index contributed by atoms with van der Waals surface area (Å²) in [5, 5.41) is 6.48. The number of likely N-dealkylation sites (tertiary alicyclic amines) is 1. The lowest BCUT2D eigenvalue weighted by Gasteiger charge is -2.16. The van der Waals surface area contributed by atoms with E-state index >= 15 is 0 Å². The summed E-state index contributed by atoms with van der Waals surface area (Å²) in [7, 11) is 0. The molecule has 1 saturated carbocycles. The van der Waals surface area contributed by atoms with E-state index in [9.17, 15) is 4.79 Å². The Morgan fingerprint density at radius 3 is 3.00 bits per heavy atom. The third kappa shape index (κ3) is 4.70. The molecule has 2 fully saturated rings. The van der Waals surface area contributed by atoms with Gasteiger partial charge in [0.05, 0.1) is 0 Å². The molecule has 1 aromatic rings. The number of anilines is 1. The molecular formula is C17H26N4O. The standard InChI is InChI=1S/C17H26N4O/c1-13-3-2-4-16(19-13)18-11-14-7-9-21(12-14)10-8-17(22)20-15-5-6-15/h2-4,14-15H,5-12H2,1H3,(H,18,19)(H,20,22)/t14-/m1/s1. The van der Waals surface area contributed by atoms with E-state index in [1.807, 2.05) is 25.1 Å². The van der Waals surface area contributed by atoms with Crippen molar-refractivity contribution in [2.24, 2.45) is 5.92 Å². The molecule has 1 aliphatic heterocycles. The van der Waals surface area contributed by atoms with E-state index in [1.165, 1.54) is 6.42 Å². The Morgan fingerprint density at radius 2 is 2.23 bits per heavy atom. The van der Waals surface area contributed by atoms with Gasteiger partial charge >= 0.3 is 0 Å². The molecule has 0 spiro atoms. The largest absolute Gasteiger partial charge is 0.370 e. The van der Waals surface area contributed by atoms with Gasteiger partial charge in [0.2, 0.25) is 5.91 Å². The number of aromatic nitrogens is 1. The number of carbonyl (C=O) groups excluding carboxylic acids is 1. The molecule has 2 N–H and O–H groups in total. The summed E-state index contributed by atoms with van der Waals surface area (Å²) < 4.78 is 0. The van der Waals surface area contributed by atoms with Gasteiger partial charge in [0.15, 0.2) is 0 Å². The van der Waals surface area contributed by atoms with Crippen LogP contribution in [-0.2, 0) is 4.79 Å². The molecule has 1 aliphatic carbocycles. The molecular weight excluding hydrogens is 276 g/mol. The zero-order valence-electron chi connectivity index (χ0n) is 13.3. The van der Waals surface area contributed by atoms with Gasteiger partial charge in [-0.2, -0.15) is 0 Å². The minimum absolute atomic E-state index is 0.216. The first-order chi connectivity index (χ1) is 10.7. The van der Waals surface area contributed by atoms with Crippen LogP contribution in [0.5, 0.6) is 0 Å². The lowest BCUT2D eigenvalue weighted by Crippen LogP contribution is -2.31. The van der Waals surface area contributed by atoms with Crippen LogP contribution in [0.15, 0.2) is 18.2 Å². The Balaban J connectivity index is 1.34. The van der Waals surface area contributed by atoms with Crippen LogP contribution in [0.25, 0.3) is 0 Å². The van der Waals surface area contributed by atoms with Gasteiger partial charge in [-0.15, -0.1) is 0 Å². The number of carbonyl (C=O) groups is 1. The normalized spacial score (nSPS) is 21.8. The number of amides is 1. The summed E-state index contributed by atoms with van der Waals surface area (Å²) >= 11 is 0. The molecule has 1 aromatic heterocycles. The first-order valence-electron chi connectivity index (χ1n) is 8.38. The number of nitrogens with zero attached hydrogens (tertiary/aromatic N) is 2. The Kier molecular flexibility index (Phi) is 4.93. The van der Waals surface area contributed by atoms with Crippen molar-refractivity contribution in [1.82, 2.24) is 15.2 Å². The average Bonchev–Trinajstić information content (AvgIpc) is 3.19. The highest BCUT2D eigenvalue weighted by molar-refractivity contribution is 5.76. The third-order valence-corrected chi connectivity index (χ3v) is 4.43.